The number of nitrogens with zero attached hydrogens (tertiary/aromatic N) is 2. The standard InChI is InChI=1S/C35H40Cl2N4O5/c1-44-31-14-11-23(19-32(31)45-2)34-26-7-3-4-8-27(26)35(43)41(40-34)21-22-9-12-25(13-10-22)46-16-6-5-15-39-20-30(42)24-17-28(36)33(38)29(37)18-24/h3-4,9-14,17-19,26-27,30,39,42H,5-8,15-16,20-21,38H2,1-2H3/t26-,27+,30?/m0/s1. The average Bonchev–Trinajstić information content (AvgIpc) is 3.08. The van der Waals surface area contributed by atoms with E-state index >= 15 is 0 Å². The number of nitrogens with one attached hydrogen (secondary N) is 1. The van der Waals surface area contributed by atoms with E-state index in [0.29, 0.717) is 58.9 Å². The molecule has 0 saturated heterocycles. The average molecular weight is 668 g/mol. The summed E-state index contributed by atoms with van der Waals surface area (Å²) in [5.41, 5.74) is 9.47. The molecule has 2 aliphatic rings. The highest BCUT2D eigenvalue weighted by Crippen LogP contribution is 2.37. The minimum absolute atomic E-state index is 0.0183. The number of methoxy groups -OCH3 is 2. The minimum Gasteiger partial charge on any atom is -0.494 e. The number of hydrazone groups is 1. The van der Waals surface area contributed by atoms with Crippen molar-refractivity contribution < 1.29 is 24.1 Å². The summed E-state index contributed by atoms with van der Waals surface area (Å²) in [6, 6.07) is 16.8. The normalized spacial score (nSPS) is 18.2. The van der Waals surface area contributed by atoms with E-state index in [1.165, 1.54) is 0 Å². The molecule has 4 N–H and O–H groups in total. The fourth-order valence-electron chi connectivity index (χ4n) is 5.77. The molecule has 0 bridgehead atoms. The number of hydrogen-bond donors (Lipinski definition) is 3. The fraction of sp³-hybridized carbons (Fsp3) is 0.371. The van der Waals surface area contributed by atoms with Gasteiger partial charge < -0.3 is 30.4 Å². The lowest BCUT2D eigenvalue weighted by atomic mass is 9.76. The van der Waals surface area contributed by atoms with E-state index < -0.39 is 6.10 Å². The number of rotatable bonds is 14. The lowest BCUT2D eigenvalue weighted by Crippen LogP contribution is -2.45. The Morgan fingerprint density at radius 1 is 0.978 bits per heavy atom. The van der Waals surface area contributed by atoms with Gasteiger partial charge in [0, 0.05) is 18.0 Å². The lowest BCUT2D eigenvalue weighted by Gasteiger charge is -2.37. The third kappa shape index (κ3) is 7.96. The second-order valence-corrected chi connectivity index (χ2v) is 12.2. The highest BCUT2D eigenvalue weighted by atomic mass is 35.5. The van der Waals surface area contributed by atoms with Crippen molar-refractivity contribution in [3.63, 3.8) is 0 Å². The van der Waals surface area contributed by atoms with Crippen LogP contribution in [0.3, 0.4) is 0 Å². The number of amides is 1. The zero-order chi connectivity index (χ0) is 32.6. The van der Waals surface area contributed by atoms with Gasteiger partial charge in [-0.1, -0.05) is 47.5 Å². The summed E-state index contributed by atoms with van der Waals surface area (Å²) >= 11 is 12.1. The number of nitrogen functional groups attached to an aromatic ring is 1. The molecule has 3 atom stereocenters. The van der Waals surface area contributed by atoms with E-state index in [1.54, 1.807) is 31.4 Å². The van der Waals surface area contributed by atoms with Crippen molar-refractivity contribution in [2.45, 2.75) is 38.3 Å². The van der Waals surface area contributed by atoms with Gasteiger partial charge in [0.05, 0.1) is 60.8 Å². The first-order valence-electron chi connectivity index (χ1n) is 15.4. The summed E-state index contributed by atoms with van der Waals surface area (Å²) in [6.07, 6.45) is 6.68. The van der Waals surface area contributed by atoms with Gasteiger partial charge >= 0.3 is 0 Å². The number of carbonyl (C=O) groups is 1. The zero-order valence-electron chi connectivity index (χ0n) is 26.0. The van der Waals surface area contributed by atoms with Crippen molar-refractivity contribution in [1.29, 1.82) is 0 Å². The highest BCUT2D eigenvalue weighted by Gasteiger charge is 2.40. The third-order valence-electron chi connectivity index (χ3n) is 8.36. The number of benzene rings is 3. The maximum Gasteiger partial charge on any atom is 0.247 e. The van der Waals surface area contributed by atoms with Crippen molar-refractivity contribution >= 4 is 40.5 Å². The molecule has 5 rings (SSSR count). The van der Waals surface area contributed by atoms with Crippen LogP contribution in [0.5, 0.6) is 17.2 Å². The Hall–Kier alpha value is -3.76. The number of aliphatic hydroxyl groups is 1. The van der Waals surface area contributed by atoms with E-state index in [2.05, 4.69) is 17.5 Å². The van der Waals surface area contributed by atoms with Crippen LogP contribution in [-0.2, 0) is 11.3 Å². The quantitative estimate of drug-likeness (QED) is 0.103. The van der Waals surface area contributed by atoms with Crippen molar-refractivity contribution in [2.75, 3.05) is 39.6 Å². The first-order valence-corrected chi connectivity index (χ1v) is 16.2. The maximum absolute atomic E-state index is 13.5. The van der Waals surface area contributed by atoms with Gasteiger partial charge in [-0.2, -0.15) is 5.10 Å². The van der Waals surface area contributed by atoms with E-state index in [0.717, 1.165) is 48.4 Å². The Balaban J connectivity index is 1.11. The Morgan fingerprint density at radius 2 is 1.67 bits per heavy atom. The van der Waals surface area contributed by atoms with Crippen LogP contribution >= 0.6 is 23.2 Å². The minimum atomic E-state index is -0.741. The number of aliphatic hydroxyl groups excluding tert-OH is 1. The predicted octanol–water partition coefficient (Wildman–Crippen LogP) is 6.40. The van der Waals surface area contributed by atoms with Crippen molar-refractivity contribution in [3.8, 4) is 17.2 Å². The Kier molecular flexibility index (Phi) is 11.5. The molecular weight excluding hydrogens is 627 g/mol. The van der Waals surface area contributed by atoms with Gasteiger partial charge in [-0.3, -0.25) is 4.79 Å². The van der Waals surface area contributed by atoms with Gasteiger partial charge in [0.25, 0.3) is 0 Å². The number of halogens is 2. The van der Waals surface area contributed by atoms with E-state index in [1.807, 2.05) is 42.5 Å². The van der Waals surface area contributed by atoms with Crippen LogP contribution in [0.25, 0.3) is 0 Å². The lowest BCUT2D eigenvalue weighted by molar-refractivity contribution is -0.138. The summed E-state index contributed by atoms with van der Waals surface area (Å²) in [5, 5.41) is 20.8. The van der Waals surface area contributed by atoms with Crippen molar-refractivity contribution in [1.82, 2.24) is 10.3 Å². The Bertz CT molecular complexity index is 1560. The molecule has 0 radical (unpaired) electrons. The largest absolute Gasteiger partial charge is 0.494 e. The summed E-state index contributed by atoms with van der Waals surface area (Å²) in [5.74, 6) is 1.95. The monoisotopic (exact) mass is 666 g/mol. The summed E-state index contributed by atoms with van der Waals surface area (Å²) in [7, 11) is 3.23. The number of anilines is 1. The molecular formula is C35H40Cl2N4O5. The number of nitrogens with two attached hydrogens (primary N) is 1. The first-order chi connectivity index (χ1) is 22.3. The molecule has 9 nitrogen and oxygen atoms in total. The molecule has 244 valence electrons. The van der Waals surface area contributed by atoms with Gasteiger partial charge in [-0.05, 0) is 85.8 Å². The molecule has 1 unspecified atom stereocenters. The van der Waals surface area contributed by atoms with Gasteiger partial charge in [0.1, 0.15) is 5.75 Å². The van der Waals surface area contributed by atoms with Crippen LogP contribution in [0, 0.1) is 11.8 Å². The molecule has 0 spiro atoms. The summed E-state index contributed by atoms with van der Waals surface area (Å²) in [6.45, 7) is 2.03. The smallest absolute Gasteiger partial charge is 0.247 e. The van der Waals surface area contributed by atoms with Gasteiger partial charge in [-0.15, -0.1) is 0 Å². The molecule has 11 heteroatoms. The van der Waals surface area contributed by atoms with Crippen LogP contribution in [0.2, 0.25) is 10.0 Å². The van der Waals surface area contributed by atoms with Crippen molar-refractivity contribution in [2.24, 2.45) is 16.9 Å². The second kappa shape index (κ2) is 15.7. The number of ether oxygens (including phenoxy) is 3. The molecule has 1 heterocycles. The second-order valence-electron chi connectivity index (χ2n) is 11.4. The molecule has 1 aliphatic carbocycles. The molecule has 46 heavy (non-hydrogen) atoms. The first kappa shape index (κ1) is 33.6. The number of fused-ring (bicyclic) bond motifs is 1. The van der Waals surface area contributed by atoms with Crippen LogP contribution in [0.15, 0.2) is 71.9 Å². The molecule has 3 aromatic carbocycles. The topological polar surface area (TPSA) is 119 Å². The Labute approximate surface area is 279 Å². The van der Waals surface area contributed by atoms with Gasteiger partial charge in [-0.25, -0.2) is 5.01 Å². The molecule has 0 saturated carbocycles. The molecule has 1 amide bonds. The summed E-state index contributed by atoms with van der Waals surface area (Å²) < 4.78 is 16.9. The zero-order valence-corrected chi connectivity index (χ0v) is 27.6. The predicted molar refractivity (Wildman–Crippen MR) is 182 cm³/mol. The fourth-order valence-corrected chi connectivity index (χ4v) is 6.28. The number of allylic oxidation sites excluding steroid dienone is 2. The third-order valence-corrected chi connectivity index (χ3v) is 8.98. The van der Waals surface area contributed by atoms with E-state index in [4.69, 9.17) is 48.2 Å². The maximum atomic E-state index is 13.5. The van der Waals surface area contributed by atoms with Crippen LogP contribution in [0.4, 0.5) is 5.69 Å². The molecule has 0 fully saturated rings. The van der Waals surface area contributed by atoms with Crippen molar-refractivity contribution in [3.05, 3.63) is 93.5 Å². The molecule has 3 aromatic rings. The van der Waals surface area contributed by atoms with E-state index in [-0.39, 0.29) is 17.7 Å². The van der Waals surface area contributed by atoms with Gasteiger partial charge in [0.2, 0.25) is 5.91 Å². The number of carbonyl (C=O) groups excluding carboxylic acids is 1. The number of unbranched alkanes of at least 4 members (excludes halogenated alkanes) is 1. The van der Waals surface area contributed by atoms with Crippen LogP contribution < -0.4 is 25.3 Å². The Morgan fingerprint density at radius 3 is 2.37 bits per heavy atom. The van der Waals surface area contributed by atoms with E-state index in [9.17, 15) is 9.90 Å². The SMILES string of the molecule is COc1ccc(C2=NN(Cc3ccc(OCCCCNCC(O)c4cc(Cl)c(N)c(Cl)c4)cc3)C(=O)[C@@H]3CC=CC[C@H]23)cc1OC. The molecule has 1 aliphatic heterocycles. The van der Waals surface area contributed by atoms with Crippen LogP contribution in [0.1, 0.15) is 48.5 Å². The highest BCUT2D eigenvalue weighted by molar-refractivity contribution is 6.38. The summed E-state index contributed by atoms with van der Waals surface area (Å²) in [4.78, 5) is 13.5. The van der Waals surface area contributed by atoms with Gasteiger partial charge in [0.15, 0.2) is 11.5 Å². The van der Waals surface area contributed by atoms with Crippen LogP contribution in [-0.4, -0.2) is 55.7 Å². The number of hydrogen-bond acceptors (Lipinski definition) is 8. The molecule has 0 aromatic heterocycles.